The van der Waals surface area contributed by atoms with E-state index in [0.717, 1.165) is 22.1 Å². The van der Waals surface area contributed by atoms with Crippen molar-refractivity contribution in [2.75, 3.05) is 5.32 Å². The molecule has 2 aromatic heterocycles. The highest BCUT2D eigenvalue weighted by Gasteiger charge is 2.20. The summed E-state index contributed by atoms with van der Waals surface area (Å²) in [4.78, 5) is 11.6. The van der Waals surface area contributed by atoms with E-state index in [2.05, 4.69) is 30.5 Å². The molecule has 0 bridgehead atoms. The maximum atomic E-state index is 11.6. The van der Waals surface area contributed by atoms with Gasteiger partial charge in [-0.2, -0.15) is 0 Å². The second-order valence-corrected chi connectivity index (χ2v) is 6.45. The summed E-state index contributed by atoms with van der Waals surface area (Å²) in [5, 5.41) is 4.39. The third kappa shape index (κ3) is 2.52. The Balaban J connectivity index is 2.41. The molecular formula is C18H20N2O2. The lowest BCUT2D eigenvalue weighted by Crippen LogP contribution is -2.27. The van der Waals surface area contributed by atoms with Gasteiger partial charge in [-0.1, -0.05) is 12.1 Å². The number of hydrogen-bond donors (Lipinski definition) is 1. The first kappa shape index (κ1) is 14.4. The number of nitrogens with zero attached hydrogens (tertiary/aromatic N) is 1. The third-order valence-corrected chi connectivity index (χ3v) is 3.39. The Labute approximate surface area is 129 Å². The zero-order valence-electron chi connectivity index (χ0n) is 13.3. The van der Waals surface area contributed by atoms with Crippen LogP contribution in [0.2, 0.25) is 0 Å². The van der Waals surface area contributed by atoms with E-state index in [4.69, 9.17) is 4.74 Å². The Kier molecular flexibility index (Phi) is 3.32. The molecule has 0 saturated carbocycles. The van der Waals surface area contributed by atoms with Crippen LogP contribution in [0.3, 0.4) is 0 Å². The van der Waals surface area contributed by atoms with Gasteiger partial charge in [0.15, 0.2) is 5.75 Å². The molecule has 0 aliphatic rings. The number of ether oxygens (including phenoxy) is 1. The summed E-state index contributed by atoms with van der Waals surface area (Å²) in [5.41, 5.74) is 2.69. The molecule has 0 aliphatic carbocycles. The first-order valence-electron chi connectivity index (χ1n) is 7.35. The number of anilines is 1. The standard InChI is InChI=1S/C18H20N2O2/c1-12(21)22-17-13-8-5-6-9-14(13)20-11-7-10-15(20)16(17)19-18(2,3)4/h5-11,19H,1-4H3. The van der Waals surface area contributed by atoms with Gasteiger partial charge in [0.1, 0.15) is 5.69 Å². The van der Waals surface area contributed by atoms with Gasteiger partial charge in [0, 0.05) is 24.0 Å². The van der Waals surface area contributed by atoms with E-state index in [9.17, 15) is 4.79 Å². The van der Waals surface area contributed by atoms with Crippen LogP contribution in [-0.4, -0.2) is 15.9 Å². The monoisotopic (exact) mass is 296 g/mol. The summed E-state index contributed by atoms with van der Waals surface area (Å²) < 4.78 is 7.67. The number of fused-ring (bicyclic) bond motifs is 3. The maximum absolute atomic E-state index is 11.6. The van der Waals surface area contributed by atoms with E-state index in [0.29, 0.717) is 5.75 Å². The fraction of sp³-hybridized carbons (Fsp3) is 0.278. The predicted molar refractivity (Wildman–Crippen MR) is 89.6 cm³/mol. The number of para-hydroxylation sites is 1. The molecule has 0 amide bonds. The van der Waals surface area contributed by atoms with Crippen molar-refractivity contribution in [3.63, 3.8) is 0 Å². The van der Waals surface area contributed by atoms with Crippen molar-refractivity contribution in [1.82, 2.24) is 4.40 Å². The number of nitrogens with one attached hydrogen (secondary N) is 1. The Morgan fingerprint density at radius 1 is 1.09 bits per heavy atom. The number of aromatic nitrogens is 1. The van der Waals surface area contributed by atoms with Crippen LogP contribution in [0, 0.1) is 0 Å². The summed E-state index contributed by atoms with van der Waals surface area (Å²) >= 11 is 0. The molecule has 0 fully saturated rings. The second kappa shape index (κ2) is 5.05. The molecular weight excluding hydrogens is 276 g/mol. The Morgan fingerprint density at radius 3 is 2.45 bits per heavy atom. The van der Waals surface area contributed by atoms with Crippen molar-refractivity contribution in [1.29, 1.82) is 0 Å². The molecule has 3 aromatic rings. The van der Waals surface area contributed by atoms with Crippen LogP contribution in [-0.2, 0) is 4.79 Å². The molecule has 0 saturated heterocycles. The number of hydrogen-bond acceptors (Lipinski definition) is 3. The minimum absolute atomic E-state index is 0.151. The Hall–Kier alpha value is -2.49. The smallest absolute Gasteiger partial charge is 0.308 e. The molecule has 3 rings (SSSR count). The molecule has 4 heteroatoms. The molecule has 2 heterocycles. The van der Waals surface area contributed by atoms with E-state index in [1.165, 1.54) is 6.92 Å². The highest BCUT2D eigenvalue weighted by atomic mass is 16.5. The molecule has 4 nitrogen and oxygen atoms in total. The molecule has 114 valence electrons. The molecule has 0 spiro atoms. The number of esters is 1. The zero-order valence-corrected chi connectivity index (χ0v) is 13.3. The van der Waals surface area contributed by atoms with Crippen LogP contribution in [0.15, 0.2) is 42.6 Å². The average Bonchev–Trinajstić information content (AvgIpc) is 2.90. The van der Waals surface area contributed by atoms with Crippen LogP contribution in [0.1, 0.15) is 27.7 Å². The molecule has 0 unspecified atom stereocenters. The number of pyridine rings is 1. The number of benzene rings is 1. The minimum atomic E-state index is -0.321. The summed E-state index contributed by atoms with van der Waals surface area (Å²) in [6, 6.07) is 11.9. The van der Waals surface area contributed by atoms with Crippen LogP contribution < -0.4 is 10.1 Å². The second-order valence-electron chi connectivity index (χ2n) is 6.45. The van der Waals surface area contributed by atoms with Gasteiger partial charge in [0.05, 0.1) is 11.0 Å². The van der Waals surface area contributed by atoms with Crippen LogP contribution in [0.4, 0.5) is 5.69 Å². The summed E-state index contributed by atoms with van der Waals surface area (Å²) in [6.07, 6.45) is 2.02. The lowest BCUT2D eigenvalue weighted by Gasteiger charge is -2.25. The highest BCUT2D eigenvalue weighted by molar-refractivity contribution is 6.00. The van der Waals surface area contributed by atoms with E-state index in [-0.39, 0.29) is 11.5 Å². The Bertz CT molecular complexity index is 857. The fourth-order valence-corrected chi connectivity index (χ4v) is 2.67. The van der Waals surface area contributed by atoms with Gasteiger partial charge in [-0.3, -0.25) is 4.79 Å². The van der Waals surface area contributed by atoms with Crippen molar-refractivity contribution in [2.45, 2.75) is 33.2 Å². The van der Waals surface area contributed by atoms with Crippen molar-refractivity contribution in [3.8, 4) is 5.75 Å². The molecule has 22 heavy (non-hydrogen) atoms. The van der Waals surface area contributed by atoms with Crippen molar-refractivity contribution >= 4 is 28.1 Å². The van der Waals surface area contributed by atoms with E-state index < -0.39 is 0 Å². The lowest BCUT2D eigenvalue weighted by molar-refractivity contribution is -0.131. The van der Waals surface area contributed by atoms with Gasteiger partial charge >= 0.3 is 5.97 Å². The molecule has 1 aromatic carbocycles. The average molecular weight is 296 g/mol. The first-order valence-corrected chi connectivity index (χ1v) is 7.35. The van der Waals surface area contributed by atoms with Gasteiger partial charge < -0.3 is 14.5 Å². The van der Waals surface area contributed by atoms with Gasteiger partial charge in [0.2, 0.25) is 0 Å². The van der Waals surface area contributed by atoms with E-state index in [1.54, 1.807) is 0 Å². The van der Waals surface area contributed by atoms with E-state index >= 15 is 0 Å². The maximum Gasteiger partial charge on any atom is 0.308 e. The minimum Gasteiger partial charge on any atom is -0.424 e. The molecule has 0 atom stereocenters. The zero-order chi connectivity index (χ0) is 15.9. The number of carbonyl (C=O) groups excluding carboxylic acids is 1. The topological polar surface area (TPSA) is 42.7 Å². The van der Waals surface area contributed by atoms with Crippen LogP contribution >= 0.6 is 0 Å². The summed E-state index contributed by atoms with van der Waals surface area (Å²) in [6.45, 7) is 7.68. The number of rotatable bonds is 2. The summed E-state index contributed by atoms with van der Waals surface area (Å²) in [7, 11) is 0. The van der Waals surface area contributed by atoms with Crippen molar-refractivity contribution in [3.05, 3.63) is 42.6 Å². The molecule has 0 radical (unpaired) electrons. The van der Waals surface area contributed by atoms with Gasteiger partial charge in [-0.25, -0.2) is 0 Å². The van der Waals surface area contributed by atoms with Crippen molar-refractivity contribution < 1.29 is 9.53 Å². The molecule has 1 N–H and O–H groups in total. The van der Waals surface area contributed by atoms with Gasteiger partial charge in [0.25, 0.3) is 0 Å². The largest absolute Gasteiger partial charge is 0.424 e. The Morgan fingerprint density at radius 2 is 1.77 bits per heavy atom. The van der Waals surface area contributed by atoms with Crippen LogP contribution in [0.5, 0.6) is 5.75 Å². The summed E-state index contributed by atoms with van der Waals surface area (Å²) in [5.74, 6) is 0.266. The quantitative estimate of drug-likeness (QED) is 0.720. The first-order chi connectivity index (χ1) is 10.4. The third-order valence-electron chi connectivity index (χ3n) is 3.39. The predicted octanol–water partition coefficient (Wildman–Crippen LogP) is 4.23. The normalized spacial score (nSPS) is 11.8. The van der Waals surface area contributed by atoms with Crippen LogP contribution in [0.25, 0.3) is 16.4 Å². The van der Waals surface area contributed by atoms with Gasteiger partial charge in [-0.05, 0) is 45.0 Å². The number of carbonyl (C=O) groups is 1. The molecule has 0 aliphatic heterocycles. The van der Waals surface area contributed by atoms with Gasteiger partial charge in [-0.15, -0.1) is 0 Å². The van der Waals surface area contributed by atoms with E-state index in [1.807, 2.05) is 42.6 Å². The SMILES string of the molecule is CC(=O)Oc1c(NC(C)(C)C)c2cccn2c2ccccc12. The fourth-order valence-electron chi connectivity index (χ4n) is 2.67. The lowest BCUT2D eigenvalue weighted by atomic mass is 10.1. The highest BCUT2D eigenvalue weighted by Crippen LogP contribution is 2.39. The van der Waals surface area contributed by atoms with Crippen molar-refractivity contribution in [2.24, 2.45) is 0 Å².